The van der Waals surface area contributed by atoms with E-state index in [0.717, 1.165) is 30.0 Å². The third kappa shape index (κ3) is 4.08. The zero-order valence-corrected chi connectivity index (χ0v) is 14.2. The molecule has 1 amide bonds. The highest BCUT2D eigenvalue weighted by Gasteiger charge is 2.15. The Morgan fingerprint density at radius 1 is 1.16 bits per heavy atom. The molecule has 0 atom stereocenters. The van der Waals surface area contributed by atoms with Crippen LogP contribution in [0.2, 0.25) is 0 Å². The lowest BCUT2D eigenvalue weighted by atomic mass is 10.1. The van der Waals surface area contributed by atoms with Gasteiger partial charge in [-0.3, -0.25) is 4.79 Å². The Hall–Kier alpha value is -2.61. The van der Waals surface area contributed by atoms with Gasteiger partial charge in [-0.25, -0.2) is 12.8 Å². The largest absolute Gasteiger partial charge is 0.454 e. The Morgan fingerprint density at radius 2 is 1.92 bits per heavy atom. The molecule has 25 heavy (non-hydrogen) atoms. The van der Waals surface area contributed by atoms with Crippen LogP contribution in [0.3, 0.4) is 0 Å². The van der Waals surface area contributed by atoms with E-state index in [4.69, 9.17) is 9.47 Å². The zero-order chi connectivity index (χ0) is 18.0. The number of amides is 1. The van der Waals surface area contributed by atoms with E-state index in [2.05, 4.69) is 5.32 Å². The van der Waals surface area contributed by atoms with Crippen LogP contribution in [0.25, 0.3) is 0 Å². The van der Waals surface area contributed by atoms with Crippen molar-refractivity contribution >= 4 is 21.4 Å². The topological polar surface area (TPSA) is 81.7 Å². The molecule has 0 saturated carbocycles. The van der Waals surface area contributed by atoms with Crippen molar-refractivity contribution in [2.24, 2.45) is 0 Å². The zero-order valence-electron chi connectivity index (χ0n) is 13.4. The molecule has 0 unspecified atom stereocenters. The second kappa shape index (κ2) is 6.72. The van der Waals surface area contributed by atoms with E-state index in [1.165, 1.54) is 0 Å². The van der Waals surface area contributed by atoms with Crippen LogP contribution in [0.4, 0.5) is 10.1 Å². The lowest BCUT2D eigenvalue weighted by molar-refractivity contribution is -0.116. The first-order valence-corrected chi connectivity index (χ1v) is 9.40. The fourth-order valence-electron chi connectivity index (χ4n) is 2.40. The number of aryl methyl sites for hydroxylation is 1. The lowest BCUT2D eigenvalue weighted by Crippen LogP contribution is -2.14. The quantitative estimate of drug-likeness (QED) is 0.824. The normalized spacial score (nSPS) is 12.9. The summed E-state index contributed by atoms with van der Waals surface area (Å²) in [5.74, 6) is 0.184. The number of fused-ring (bicyclic) bond motifs is 1. The first-order chi connectivity index (χ1) is 11.8. The molecule has 2 aromatic carbocycles. The number of anilines is 1. The van der Waals surface area contributed by atoms with Crippen molar-refractivity contribution in [3.63, 3.8) is 0 Å². The molecular formula is C17H16FNO5S. The average Bonchev–Trinajstić information content (AvgIpc) is 3.01. The molecule has 0 spiro atoms. The molecule has 1 aliphatic heterocycles. The molecule has 1 aliphatic rings. The third-order valence-electron chi connectivity index (χ3n) is 3.72. The van der Waals surface area contributed by atoms with Gasteiger partial charge in [0.1, 0.15) is 5.82 Å². The van der Waals surface area contributed by atoms with Crippen molar-refractivity contribution in [2.75, 3.05) is 18.4 Å². The number of hydrogen-bond donors (Lipinski definition) is 1. The number of rotatable bonds is 5. The third-order valence-corrected chi connectivity index (χ3v) is 4.83. The predicted octanol–water partition coefficient (Wildman–Crippen LogP) is 2.53. The summed E-state index contributed by atoms with van der Waals surface area (Å²) in [7, 11) is -3.48. The molecular weight excluding hydrogens is 349 g/mol. The molecule has 0 aliphatic carbocycles. The summed E-state index contributed by atoms with van der Waals surface area (Å²) in [5.41, 5.74) is 0.725. The standard InChI is InChI=1S/C17H16FNO5S/c1-25(21,22)12-4-5-13(18)14(9-12)19-17(20)7-3-11-2-6-15-16(8-11)24-10-23-15/h2,4-6,8-9H,3,7,10H2,1H3,(H,19,20). The number of halogens is 1. The van der Waals surface area contributed by atoms with E-state index in [-0.39, 0.29) is 23.8 Å². The smallest absolute Gasteiger partial charge is 0.231 e. The molecule has 0 fully saturated rings. The monoisotopic (exact) mass is 365 g/mol. The highest BCUT2D eigenvalue weighted by molar-refractivity contribution is 7.90. The van der Waals surface area contributed by atoms with E-state index in [9.17, 15) is 17.6 Å². The van der Waals surface area contributed by atoms with Gasteiger partial charge in [0.15, 0.2) is 21.3 Å². The second-order valence-corrected chi connectivity index (χ2v) is 7.67. The number of carbonyl (C=O) groups excluding carboxylic acids is 1. The van der Waals surface area contributed by atoms with Gasteiger partial charge in [0, 0.05) is 12.7 Å². The molecule has 0 radical (unpaired) electrons. The fourth-order valence-corrected chi connectivity index (χ4v) is 3.05. The number of sulfone groups is 1. The Balaban J connectivity index is 1.65. The summed E-state index contributed by atoms with van der Waals surface area (Å²) in [5, 5.41) is 2.41. The Bertz CT molecular complexity index is 927. The van der Waals surface area contributed by atoms with Gasteiger partial charge in [-0.05, 0) is 42.3 Å². The Morgan fingerprint density at radius 3 is 2.68 bits per heavy atom. The van der Waals surface area contributed by atoms with Crippen LogP contribution in [0.15, 0.2) is 41.3 Å². The van der Waals surface area contributed by atoms with E-state index in [1.54, 1.807) is 12.1 Å². The van der Waals surface area contributed by atoms with Gasteiger partial charge in [0.25, 0.3) is 0 Å². The number of hydrogen-bond acceptors (Lipinski definition) is 5. The molecule has 0 bridgehead atoms. The minimum Gasteiger partial charge on any atom is -0.454 e. The van der Waals surface area contributed by atoms with Crippen molar-refractivity contribution in [1.29, 1.82) is 0 Å². The maximum atomic E-state index is 13.8. The maximum absolute atomic E-state index is 13.8. The number of benzene rings is 2. The predicted molar refractivity (Wildman–Crippen MR) is 89.0 cm³/mol. The average molecular weight is 365 g/mol. The number of nitrogens with one attached hydrogen (secondary N) is 1. The van der Waals surface area contributed by atoms with Crippen LogP contribution in [0.5, 0.6) is 11.5 Å². The summed E-state index contributed by atoms with van der Waals surface area (Å²) in [6, 6.07) is 8.68. The van der Waals surface area contributed by atoms with Crippen LogP contribution in [-0.2, 0) is 21.1 Å². The highest BCUT2D eigenvalue weighted by Crippen LogP contribution is 2.32. The first-order valence-electron chi connectivity index (χ1n) is 7.51. The molecule has 0 aromatic heterocycles. The number of ether oxygens (including phenoxy) is 2. The van der Waals surface area contributed by atoms with Crippen LogP contribution < -0.4 is 14.8 Å². The van der Waals surface area contributed by atoms with Crippen LogP contribution in [-0.4, -0.2) is 27.4 Å². The van der Waals surface area contributed by atoms with Crippen molar-refractivity contribution in [2.45, 2.75) is 17.7 Å². The van der Waals surface area contributed by atoms with E-state index in [0.29, 0.717) is 17.9 Å². The van der Waals surface area contributed by atoms with Crippen LogP contribution in [0, 0.1) is 5.82 Å². The van der Waals surface area contributed by atoms with Gasteiger partial charge < -0.3 is 14.8 Å². The highest BCUT2D eigenvalue weighted by atomic mass is 32.2. The van der Waals surface area contributed by atoms with Crippen molar-refractivity contribution in [3.8, 4) is 11.5 Å². The number of carbonyl (C=O) groups is 1. The molecule has 0 saturated heterocycles. The van der Waals surface area contributed by atoms with Crippen molar-refractivity contribution in [3.05, 3.63) is 47.8 Å². The van der Waals surface area contributed by atoms with Crippen LogP contribution >= 0.6 is 0 Å². The van der Waals surface area contributed by atoms with E-state index < -0.39 is 21.6 Å². The lowest BCUT2D eigenvalue weighted by Gasteiger charge is -2.08. The van der Waals surface area contributed by atoms with Crippen LogP contribution in [0.1, 0.15) is 12.0 Å². The van der Waals surface area contributed by atoms with Gasteiger partial charge in [0.2, 0.25) is 12.7 Å². The molecule has 2 aromatic rings. The van der Waals surface area contributed by atoms with Crippen molar-refractivity contribution in [1.82, 2.24) is 0 Å². The Labute approximate surface area is 144 Å². The summed E-state index contributed by atoms with van der Waals surface area (Å²) >= 11 is 0. The second-order valence-electron chi connectivity index (χ2n) is 5.65. The van der Waals surface area contributed by atoms with Gasteiger partial charge in [0.05, 0.1) is 10.6 Å². The first kappa shape index (κ1) is 17.2. The van der Waals surface area contributed by atoms with Gasteiger partial charge >= 0.3 is 0 Å². The molecule has 3 rings (SSSR count). The van der Waals surface area contributed by atoms with E-state index >= 15 is 0 Å². The molecule has 1 heterocycles. The van der Waals surface area contributed by atoms with Gasteiger partial charge in [-0.15, -0.1) is 0 Å². The summed E-state index contributed by atoms with van der Waals surface area (Å²) in [6.07, 6.45) is 1.56. The maximum Gasteiger partial charge on any atom is 0.231 e. The summed E-state index contributed by atoms with van der Waals surface area (Å²) in [6.45, 7) is 0.176. The van der Waals surface area contributed by atoms with E-state index in [1.807, 2.05) is 6.07 Å². The molecule has 132 valence electrons. The molecule has 6 nitrogen and oxygen atoms in total. The summed E-state index contributed by atoms with van der Waals surface area (Å²) in [4.78, 5) is 12.0. The van der Waals surface area contributed by atoms with Gasteiger partial charge in [-0.2, -0.15) is 0 Å². The fraction of sp³-hybridized carbons (Fsp3) is 0.235. The van der Waals surface area contributed by atoms with Gasteiger partial charge in [-0.1, -0.05) is 6.07 Å². The minimum absolute atomic E-state index is 0.0556. The van der Waals surface area contributed by atoms with Crippen molar-refractivity contribution < 1.29 is 27.1 Å². The molecule has 8 heteroatoms. The molecule has 1 N–H and O–H groups in total. The summed E-state index contributed by atoms with van der Waals surface area (Å²) < 4.78 is 47.3. The SMILES string of the molecule is CS(=O)(=O)c1ccc(F)c(NC(=O)CCc2ccc3c(c2)OCO3)c1. The Kier molecular flexibility index (Phi) is 4.63. The minimum atomic E-state index is -3.48.